The van der Waals surface area contributed by atoms with Crippen molar-refractivity contribution in [2.45, 2.75) is 11.3 Å². The third kappa shape index (κ3) is 5.13. The molecule has 7 nitrogen and oxygen atoms in total. The lowest BCUT2D eigenvalue weighted by atomic mass is 10.4. The number of rotatable bonds is 7. The molecule has 0 spiro atoms. The predicted molar refractivity (Wildman–Crippen MR) is 92.0 cm³/mol. The third-order valence-electron chi connectivity index (χ3n) is 3.31. The van der Waals surface area contributed by atoms with E-state index in [1.165, 1.54) is 10.4 Å². The second-order valence-corrected chi connectivity index (χ2v) is 7.67. The standard InChI is InChI=1S/C13H21N3O4S2.ClH/c1-14-4-2-5-15-13(17)12-11(3-10-21-12)22(18,19)16-6-8-20-9-7-16;/h3,10,14H,2,4-9H2,1H3,(H,15,17);1H. The molecule has 0 radical (unpaired) electrons. The number of carbonyl (C=O) groups excluding carboxylic acids is 1. The molecule has 23 heavy (non-hydrogen) atoms. The smallest absolute Gasteiger partial charge is 0.262 e. The Balaban J connectivity index is 0.00000264. The van der Waals surface area contributed by atoms with E-state index < -0.39 is 10.0 Å². The molecule has 0 atom stereocenters. The van der Waals surface area contributed by atoms with Crippen molar-refractivity contribution in [3.8, 4) is 0 Å². The quantitative estimate of drug-likeness (QED) is 0.670. The first-order chi connectivity index (χ1) is 10.6. The number of thiophene rings is 1. The summed E-state index contributed by atoms with van der Waals surface area (Å²) in [6.07, 6.45) is 0.791. The maximum absolute atomic E-state index is 12.6. The van der Waals surface area contributed by atoms with Gasteiger partial charge in [-0.3, -0.25) is 4.79 Å². The van der Waals surface area contributed by atoms with E-state index in [1.54, 1.807) is 5.38 Å². The zero-order valence-electron chi connectivity index (χ0n) is 12.9. The highest BCUT2D eigenvalue weighted by molar-refractivity contribution is 7.89. The molecule has 132 valence electrons. The van der Waals surface area contributed by atoms with Crippen LogP contribution in [0, 0.1) is 0 Å². The predicted octanol–water partition coefficient (Wildman–Crippen LogP) is 0.530. The molecule has 2 N–H and O–H groups in total. The zero-order chi connectivity index (χ0) is 16.0. The van der Waals surface area contributed by atoms with Crippen molar-refractivity contribution in [1.29, 1.82) is 0 Å². The van der Waals surface area contributed by atoms with Gasteiger partial charge in [-0.05, 0) is 31.5 Å². The van der Waals surface area contributed by atoms with Crippen molar-refractivity contribution >= 4 is 39.7 Å². The minimum absolute atomic E-state index is 0. The Kier molecular flexibility index (Phi) is 8.45. The van der Waals surface area contributed by atoms with E-state index in [0.29, 0.717) is 32.8 Å². The number of amides is 1. The monoisotopic (exact) mass is 383 g/mol. The second-order valence-electron chi connectivity index (χ2n) is 4.84. The van der Waals surface area contributed by atoms with Crippen LogP contribution in [-0.2, 0) is 14.8 Å². The molecule has 0 unspecified atom stereocenters. The number of nitrogens with one attached hydrogen (secondary N) is 2. The van der Waals surface area contributed by atoms with Gasteiger partial charge >= 0.3 is 0 Å². The van der Waals surface area contributed by atoms with E-state index in [1.807, 2.05) is 7.05 Å². The van der Waals surface area contributed by atoms with Crippen molar-refractivity contribution in [2.75, 3.05) is 46.4 Å². The Morgan fingerprint density at radius 3 is 2.70 bits per heavy atom. The number of nitrogens with zero attached hydrogens (tertiary/aromatic N) is 1. The minimum Gasteiger partial charge on any atom is -0.379 e. The van der Waals surface area contributed by atoms with Crippen molar-refractivity contribution in [3.05, 3.63) is 16.3 Å². The molecular weight excluding hydrogens is 362 g/mol. The van der Waals surface area contributed by atoms with Gasteiger partial charge < -0.3 is 15.4 Å². The number of halogens is 1. The summed E-state index contributed by atoms with van der Waals surface area (Å²) in [6.45, 7) is 2.71. The third-order valence-corrected chi connectivity index (χ3v) is 6.30. The van der Waals surface area contributed by atoms with Gasteiger partial charge in [0.1, 0.15) is 9.77 Å². The van der Waals surface area contributed by atoms with E-state index >= 15 is 0 Å². The van der Waals surface area contributed by atoms with Gasteiger partial charge in [0.15, 0.2) is 0 Å². The molecule has 1 aliphatic heterocycles. The molecule has 1 aliphatic rings. The maximum Gasteiger partial charge on any atom is 0.262 e. The molecule has 0 saturated carbocycles. The highest BCUT2D eigenvalue weighted by Gasteiger charge is 2.31. The van der Waals surface area contributed by atoms with Crippen LogP contribution in [0.2, 0.25) is 0 Å². The van der Waals surface area contributed by atoms with Crippen LogP contribution in [0.15, 0.2) is 16.3 Å². The molecule has 0 bridgehead atoms. The molecule has 0 aromatic carbocycles. The van der Waals surface area contributed by atoms with Gasteiger partial charge in [0.05, 0.1) is 13.2 Å². The summed E-state index contributed by atoms with van der Waals surface area (Å²) in [7, 11) is -1.80. The first-order valence-corrected chi connectivity index (χ1v) is 9.47. The van der Waals surface area contributed by atoms with Crippen molar-refractivity contribution < 1.29 is 17.9 Å². The summed E-state index contributed by atoms with van der Waals surface area (Å²) in [6, 6.07) is 1.50. The van der Waals surface area contributed by atoms with Crippen molar-refractivity contribution in [3.63, 3.8) is 0 Å². The van der Waals surface area contributed by atoms with E-state index in [0.717, 1.165) is 24.3 Å². The van der Waals surface area contributed by atoms with E-state index in [-0.39, 0.29) is 28.1 Å². The van der Waals surface area contributed by atoms with Gasteiger partial charge in [-0.15, -0.1) is 23.7 Å². The molecule has 1 aromatic heterocycles. The Morgan fingerprint density at radius 1 is 1.35 bits per heavy atom. The van der Waals surface area contributed by atoms with Crippen LogP contribution in [0.3, 0.4) is 0 Å². The van der Waals surface area contributed by atoms with E-state index in [2.05, 4.69) is 10.6 Å². The van der Waals surface area contributed by atoms with Crippen LogP contribution in [0.4, 0.5) is 0 Å². The number of ether oxygens (including phenoxy) is 1. The highest BCUT2D eigenvalue weighted by Crippen LogP contribution is 2.25. The fraction of sp³-hybridized carbons (Fsp3) is 0.615. The number of hydrogen-bond acceptors (Lipinski definition) is 6. The lowest BCUT2D eigenvalue weighted by Gasteiger charge is -2.26. The normalized spacial score (nSPS) is 15.9. The first kappa shape index (κ1) is 20.3. The molecular formula is C13H22ClN3O4S2. The largest absolute Gasteiger partial charge is 0.379 e. The van der Waals surface area contributed by atoms with E-state index in [4.69, 9.17) is 4.74 Å². The number of morpholine rings is 1. The summed E-state index contributed by atoms with van der Waals surface area (Å²) in [5.74, 6) is -0.335. The van der Waals surface area contributed by atoms with Gasteiger partial charge in [-0.25, -0.2) is 8.42 Å². The minimum atomic E-state index is -3.64. The summed E-state index contributed by atoms with van der Waals surface area (Å²) in [4.78, 5) is 12.5. The van der Waals surface area contributed by atoms with Gasteiger partial charge in [-0.2, -0.15) is 4.31 Å². The summed E-state index contributed by atoms with van der Waals surface area (Å²) < 4.78 is 31.8. The number of sulfonamides is 1. The van der Waals surface area contributed by atoms with Crippen LogP contribution in [0.25, 0.3) is 0 Å². The van der Waals surface area contributed by atoms with Crippen LogP contribution < -0.4 is 10.6 Å². The van der Waals surface area contributed by atoms with Gasteiger partial charge in [0, 0.05) is 19.6 Å². The Morgan fingerprint density at radius 2 is 2.04 bits per heavy atom. The van der Waals surface area contributed by atoms with Crippen LogP contribution in [0.1, 0.15) is 16.1 Å². The van der Waals surface area contributed by atoms with E-state index in [9.17, 15) is 13.2 Å². The Bertz CT molecular complexity index is 600. The molecule has 10 heteroatoms. The van der Waals surface area contributed by atoms with Gasteiger partial charge in [0.25, 0.3) is 5.91 Å². The average molecular weight is 384 g/mol. The molecule has 1 amide bonds. The maximum atomic E-state index is 12.6. The van der Waals surface area contributed by atoms with Gasteiger partial charge in [-0.1, -0.05) is 0 Å². The number of carbonyl (C=O) groups is 1. The molecule has 2 heterocycles. The zero-order valence-corrected chi connectivity index (χ0v) is 15.4. The molecule has 1 aromatic rings. The summed E-state index contributed by atoms with van der Waals surface area (Å²) >= 11 is 1.15. The van der Waals surface area contributed by atoms with Crippen molar-refractivity contribution in [1.82, 2.24) is 14.9 Å². The lowest BCUT2D eigenvalue weighted by molar-refractivity contribution is 0.0730. The average Bonchev–Trinajstić information content (AvgIpc) is 3.03. The Labute approximate surface area is 146 Å². The van der Waals surface area contributed by atoms with Gasteiger partial charge in [0.2, 0.25) is 10.0 Å². The van der Waals surface area contributed by atoms with Crippen LogP contribution in [0.5, 0.6) is 0 Å². The molecule has 2 rings (SSSR count). The lowest BCUT2D eigenvalue weighted by Crippen LogP contribution is -2.41. The fourth-order valence-corrected chi connectivity index (χ4v) is 4.86. The SMILES string of the molecule is CNCCCNC(=O)c1sccc1S(=O)(=O)N1CCOCC1.Cl. The van der Waals surface area contributed by atoms with Crippen molar-refractivity contribution in [2.24, 2.45) is 0 Å². The fourth-order valence-electron chi connectivity index (χ4n) is 2.14. The summed E-state index contributed by atoms with van der Waals surface area (Å²) in [5, 5.41) is 7.39. The number of hydrogen-bond donors (Lipinski definition) is 2. The first-order valence-electron chi connectivity index (χ1n) is 7.15. The Hall–Kier alpha value is -0.710. The van der Waals surface area contributed by atoms with Crippen LogP contribution >= 0.6 is 23.7 Å². The highest BCUT2D eigenvalue weighted by atomic mass is 35.5. The molecule has 1 saturated heterocycles. The molecule has 1 fully saturated rings. The topological polar surface area (TPSA) is 87.7 Å². The summed E-state index contributed by atoms with van der Waals surface area (Å²) in [5.41, 5.74) is 0. The second kappa shape index (κ2) is 9.55. The van der Waals surface area contributed by atoms with Crippen LogP contribution in [-0.4, -0.2) is 65.1 Å². The molecule has 0 aliphatic carbocycles.